The fraction of sp³-hybridized carbons (Fsp3) is 0.273. The van der Waals surface area contributed by atoms with Gasteiger partial charge in [-0.25, -0.2) is 9.20 Å². The number of anilines is 1. The van der Waals surface area contributed by atoms with Crippen molar-refractivity contribution >= 4 is 33.9 Å². The molecule has 0 fully saturated rings. The van der Waals surface area contributed by atoms with Gasteiger partial charge in [-0.2, -0.15) is 4.40 Å². The minimum Gasteiger partial charge on any atom is -0.478 e. The molecule has 0 aliphatic rings. The van der Waals surface area contributed by atoms with Gasteiger partial charge >= 0.3 is 11.9 Å². The Bertz CT molecular complexity index is 1200. The smallest absolute Gasteiger partial charge is 0.370 e. The molecule has 0 saturated carbocycles. The zero-order chi connectivity index (χ0) is 19.3. The number of hydrogen-bond donors (Lipinski definition) is 1. The van der Waals surface area contributed by atoms with E-state index in [1.165, 1.54) is 0 Å². The Labute approximate surface area is 158 Å². The molecule has 27 heavy (non-hydrogen) atoms. The number of fused-ring (bicyclic) bond motifs is 5. The number of benzene rings is 1. The summed E-state index contributed by atoms with van der Waals surface area (Å²) in [7, 11) is 0. The number of hydrogen-bond acceptors (Lipinski definition) is 2. The molecule has 5 heteroatoms. The van der Waals surface area contributed by atoms with Crippen LogP contribution in [0.3, 0.4) is 0 Å². The Morgan fingerprint density at radius 2 is 1.78 bits per heavy atom. The van der Waals surface area contributed by atoms with Crippen molar-refractivity contribution in [3.8, 4) is 0 Å². The number of carbonyl (C=O) groups is 1. The van der Waals surface area contributed by atoms with Crippen LogP contribution in [-0.2, 0) is 0 Å². The topological polar surface area (TPSA) is 49.1 Å². The molecule has 0 saturated heterocycles. The highest BCUT2D eigenvalue weighted by atomic mass is 16.4. The lowest BCUT2D eigenvalue weighted by Gasteiger charge is -2.14. The maximum atomic E-state index is 12.0. The fourth-order valence-electron chi connectivity index (χ4n) is 3.93. The summed E-state index contributed by atoms with van der Waals surface area (Å²) in [6.07, 6.45) is 2.04. The van der Waals surface area contributed by atoms with E-state index in [2.05, 4.69) is 40.5 Å². The van der Waals surface area contributed by atoms with Crippen LogP contribution < -0.4 is 9.30 Å². The van der Waals surface area contributed by atoms with Crippen molar-refractivity contribution in [1.82, 2.24) is 4.40 Å². The first-order valence-corrected chi connectivity index (χ1v) is 9.34. The molecule has 0 spiro atoms. The second kappa shape index (κ2) is 6.27. The lowest BCUT2D eigenvalue weighted by molar-refractivity contribution is -0.497. The molecule has 0 aliphatic carbocycles. The number of carboxylic acids is 1. The predicted octanol–water partition coefficient (Wildman–Crippen LogP) is 3.99. The van der Waals surface area contributed by atoms with Gasteiger partial charge < -0.3 is 5.11 Å². The number of carboxylic acid groups (broad SMARTS) is 1. The predicted molar refractivity (Wildman–Crippen MR) is 108 cm³/mol. The summed E-state index contributed by atoms with van der Waals surface area (Å²) in [5, 5.41) is 10.6. The van der Waals surface area contributed by atoms with Gasteiger partial charge in [0.1, 0.15) is 16.6 Å². The fourth-order valence-corrected chi connectivity index (χ4v) is 3.93. The highest BCUT2D eigenvalue weighted by Crippen LogP contribution is 2.30. The van der Waals surface area contributed by atoms with Gasteiger partial charge in [0.2, 0.25) is 0 Å². The third-order valence-corrected chi connectivity index (χ3v) is 5.48. The quantitative estimate of drug-likeness (QED) is 0.559. The Hall–Kier alpha value is -3.08. The van der Waals surface area contributed by atoms with E-state index in [-0.39, 0.29) is 0 Å². The molecule has 3 heterocycles. The largest absolute Gasteiger partial charge is 0.478 e. The maximum Gasteiger partial charge on any atom is 0.370 e. The molecular formula is C22H24N3O2+. The molecule has 3 aromatic heterocycles. The first-order valence-electron chi connectivity index (χ1n) is 9.34. The molecule has 0 unspecified atom stereocenters. The number of aromatic nitrogens is 2. The van der Waals surface area contributed by atoms with Crippen molar-refractivity contribution in [2.75, 3.05) is 18.0 Å². The molecule has 1 aromatic carbocycles. The summed E-state index contributed by atoms with van der Waals surface area (Å²) < 4.78 is 4.36. The molecule has 4 rings (SSSR count). The Balaban J connectivity index is 2.33. The van der Waals surface area contributed by atoms with E-state index in [0.29, 0.717) is 5.56 Å². The van der Waals surface area contributed by atoms with E-state index in [1.54, 1.807) is 0 Å². The highest BCUT2D eigenvalue weighted by molar-refractivity contribution is 6.06. The van der Waals surface area contributed by atoms with Gasteiger partial charge in [0.25, 0.3) is 0 Å². The number of aromatic carboxylic acids is 1. The Kier molecular flexibility index (Phi) is 4.02. The molecular weight excluding hydrogens is 338 g/mol. The third kappa shape index (κ3) is 2.46. The molecule has 5 nitrogen and oxygen atoms in total. The average molecular weight is 362 g/mol. The second-order valence-corrected chi connectivity index (χ2v) is 6.97. The normalized spacial score (nSPS) is 11.6. The summed E-state index contributed by atoms with van der Waals surface area (Å²) in [6.45, 7) is 10.1. The van der Waals surface area contributed by atoms with Crippen LogP contribution in [0.25, 0.3) is 21.9 Å². The van der Waals surface area contributed by atoms with E-state index >= 15 is 0 Å². The van der Waals surface area contributed by atoms with Crippen molar-refractivity contribution in [3.05, 3.63) is 59.3 Å². The van der Waals surface area contributed by atoms with Crippen LogP contribution in [0.1, 0.15) is 35.3 Å². The lowest BCUT2D eigenvalue weighted by Crippen LogP contribution is -2.34. The van der Waals surface area contributed by atoms with Gasteiger partial charge in [-0.1, -0.05) is 6.07 Å². The summed E-state index contributed by atoms with van der Waals surface area (Å²) in [6, 6.07) is 12.0. The molecule has 0 atom stereocenters. The first kappa shape index (κ1) is 17.3. The zero-order valence-corrected chi connectivity index (χ0v) is 16.2. The first-order chi connectivity index (χ1) is 13.0. The van der Waals surface area contributed by atoms with Gasteiger partial charge in [0, 0.05) is 5.39 Å². The Morgan fingerprint density at radius 3 is 2.44 bits per heavy atom. The molecule has 0 amide bonds. The van der Waals surface area contributed by atoms with Gasteiger partial charge in [0.15, 0.2) is 0 Å². The minimum atomic E-state index is -0.898. The summed E-state index contributed by atoms with van der Waals surface area (Å²) in [5.74, 6) is 0.154. The number of pyridine rings is 2. The monoisotopic (exact) mass is 362 g/mol. The second-order valence-electron chi connectivity index (χ2n) is 6.97. The number of aryl methyl sites for hydroxylation is 2. The van der Waals surface area contributed by atoms with Crippen LogP contribution in [0.15, 0.2) is 42.6 Å². The summed E-state index contributed by atoms with van der Waals surface area (Å²) in [4.78, 5) is 14.3. The third-order valence-electron chi connectivity index (χ3n) is 5.48. The highest BCUT2D eigenvalue weighted by Gasteiger charge is 2.27. The minimum absolute atomic E-state index is 0.343. The number of rotatable bonds is 4. The summed E-state index contributed by atoms with van der Waals surface area (Å²) >= 11 is 0. The van der Waals surface area contributed by atoms with Crippen molar-refractivity contribution in [1.29, 1.82) is 0 Å². The maximum absolute atomic E-state index is 12.0. The van der Waals surface area contributed by atoms with Gasteiger partial charge in [-0.3, -0.25) is 4.90 Å². The van der Waals surface area contributed by atoms with E-state index in [4.69, 9.17) is 0 Å². The average Bonchev–Trinajstić information content (AvgIpc) is 2.98. The zero-order valence-electron chi connectivity index (χ0n) is 16.2. The molecule has 0 aliphatic heterocycles. The van der Waals surface area contributed by atoms with Crippen LogP contribution in [-0.4, -0.2) is 28.6 Å². The standard InChI is InChI=1S/C22H23N3O2/c1-5-23(6-2)22-24-10-8-7-9-18(24)20-13-17(21(26)27)16-11-14(3)15(4)12-19(16)25(20)22/h7-13H,5-6H2,1-4H3/p+1. The van der Waals surface area contributed by atoms with Crippen LogP contribution in [0.4, 0.5) is 5.95 Å². The van der Waals surface area contributed by atoms with E-state index in [9.17, 15) is 9.90 Å². The van der Waals surface area contributed by atoms with Crippen LogP contribution >= 0.6 is 0 Å². The lowest BCUT2D eigenvalue weighted by atomic mass is 10.0. The van der Waals surface area contributed by atoms with Crippen LogP contribution in [0.2, 0.25) is 0 Å². The molecule has 4 aromatic rings. The van der Waals surface area contributed by atoms with E-state index in [0.717, 1.165) is 52.1 Å². The van der Waals surface area contributed by atoms with Crippen LogP contribution in [0.5, 0.6) is 0 Å². The molecule has 1 N–H and O–H groups in total. The van der Waals surface area contributed by atoms with Crippen molar-refractivity contribution in [2.45, 2.75) is 27.7 Å². The van der Waals surface area contributed by atoms with Crippen LogP contribution in [0, 0.1) is 13.8 Å². The molecule has 138 valence electrons. The number of nitrogens with zero attached hydrogens (tertiary/aromatic N) is 3. The van der Waals surface area contributed by atoms with Crippen molar-refractivity contribution in [3.63, 3.8) is 0 Å². The van der Waals surface area contributed by atoms with Gasteiger partial charge in [-0.05, 0) is 69.2 Å². The summed E-state index contributed by atoms with van der Waals surface area (Å²) in [5.41, 5.74) is 5.43. The molecule has 0 bridgehead atoms. The van der Waals surface area contributed by atoms with Gasteiger partial charge in [-0.15, -0.1) is 0 Å². The Morgan fingerprint density at radius 1 is 1.07 bits per heavy atom. The van der Waals surface area contributed by atoms with E-state index in [1.807, 2.05) is 43.5 Å². The van der Waals surface area contributed by atoms with Gasteiger partial charge in [0.05, 0.1) is 24.8 Å². The van der Waals surface area contributed by atoms with Crippen molar-refractivity contribution < 1.29 is 14.3 Å². The van der Waals surface area contributed by atoms with Crippen molar-refractivity contribution in [2.24, 2.45) is 0 Å². The number of imidazole rings is 1. The van der Waals surface area contributed by atoms with E-state index < -0.39 is 5.97 Å². The SMILES string of the molecule is CCN(CC)c1n2c3cc(C)c(C)cc3c(C(=O)O)cc2c2cccc[n+]12. The molecule has 0 radical (unpaired) electrons.